The van der Waals surface area contributed by atoms with Crippen LogP contribution in [-0.2, 0) is 4.79 Å². The van der Waals surface area contributed by atoms with Gasteiger partial charge >= 0.3 is 0 Å². The van der Waals surface area contributed by atoms with Gasteiger partial charge in [-0.25, -0.2) is 0 Å². The fourth-order valence-electron chi connectivity index (χ4n) is 2.39. The molecule has 88 valence electrons. The molecule has 0 heterocycles. The first kappa shape index (κ1) is 12.7. The number of Topliss-reactive ketones (excluding diaryl/α,β-unsaturated/α-hetero) is 1. The second kappa shape index (κ2) is 4.65. The summed E-state index contributed by atoms with van der Waals surface area (Å²) in [6.45, 7) is 6.34. The van der Waals surface area contributed by atoms with Crippen molar-refractivity contribution in [2.75, 3.05) is 14.1 Å². The van der Waals surface area contributed by atoms with Gasteiger partial charge in [0.15, 0.2) is 5.78 Å². The molecule has 2 heteroatoms. The second-order valence-corrected chi connectivity index (χ2v) is 5.79. The minimum Gasteiger partial charge on any atom is -0.298 e. The fourth-order valence-corrected chi connectivity index (χ4v) is 2.39. The molecule has 0 spiro atoms. The smallest absolute Gasteiger partial charge is 0.155 e. The summed E-state index contributed by atoms with van der Waals surface area (Å²) in [4.78, 5) is 14.4. The maximum Gasteiger partial charge on any atom is 0.155 e. The highest BCUT2D eigenvalue weighted by Gasteiger charge is 2.36. The minimum absolute atomic E-state index is 0.297. The lowest BCUT2D eigenvalue weighted by Gasteiger charge is -2.36. The van der Waals surface area contributed by atoms with E-state index >= 15 is 0 Å². The van der Waals surface area contributed by atoms with Crippen LogP contribution in [0.1, 0.15) is 46.5 Å². The molecule has 0 aliphatic heterocycles. The Morgan fingerprint density at radius 2 is 1.87 bits per heavy atom. The number of nitrogens with zero attached hydrogens (tertiary/aromatic N) is 1. The largest absolute Gasteiger partial charge is 0.298 e. The average molecular weight is 211 g/mol. The molecule has 1 saturated carbocycles. The first-order valence-electron chi connectivity index (χ1n) is 6.07. The molecule has 0 radical (unpaired) electrons. The van der Waals surface area contributed by atoms with Gasteiger partial charge in [0.25, 0.3) is 0 Å². The Balaban J connectivity index is 2.67. The number of hydrogen-bond donors (Lipinski definition) is 0. The molecule has 0 N–H and O–H groups in total. The van der Waals surface area contributed by atoms with Crippen molar-refractivity contribution in [2.24, 2.45) is 11.8 Å². The molecule has 0 aromatic carbocycles. The Hall–Kier alpha value is -0.370. The van der Waals surface area contributed by atoms with E-state index in [1.54, 1.807) is 0 Å². The molecule has 1 aliphatic carbocycles. The number of carbonyl (C=O) groups excluding carboxylic acids is 1. The third-order valence-corrected chi connectivity index (χ3v) is 4.03. The van der Waals surface area contributed by atoms with E-state index in [2.05, 4.69) is 6.92 Å². The van der Waals surface area contributed by atoms with Gasteiger partial charge in [0.05, 0.1) is 5.54 Å². The highest BCUT2D eigenvalue weighted by atomic mass is 16.1. The molecule has 1 rings (SSSR count). The molecule has 0 saturated heterocycles. The van der Waals surface area contributed by atoms with Crippen LogP contribution in [0.3, 0.4) is 0 Å². The van der Waals surface area contributed by atoms with Gasteiger partial charge in [-0.15, -0.1) is 0 Å². The average Bonchev–Trinajstić information content (AvgIpc) is 2.16. The van der Waals surface area contributed by atoms with Crippen LogP contribution in [0.25, 0.3) is 0 Å². The van der Waals surface area contributed by atoms with Crippen LogP contribution in [0.4, 0.5) is 0 Å². The number of ketones is 1. The third-order valence-electron chi connectivity index (χ3n) is 4.03. The van der Waals surface area contributed by atoms with Crippen molar-refractivity contribution in [3.8, 4) is 0 Å². The van der Waals surface area contributed by atoms with Gasteiger partial charge in [-0.3, -0.25) is 9.69 Å². The van der Waals surface area contributed by atoms with E-state index in [4.69, 9.17) is 0 Å². The van der Waals surface area contributed by atoms with Crippen LogP contribution in [0.5, 0.6) is 0 Å². The maximum absolute atomic E-state index is 12.4. The number of carbonyl (C=O) groups is 1. The molecule has 1 fully saturated rings. The summed E-state index contributed by atoms with van der Waals surface area (Å²) >= 11 is 0. The monoisotopic (exact) mass is 211 g/mol. The molecule has 0 bridgehead atoms. The lowest BCUT2D eigenvalue weighted by Crippen LogP contribution is -2.49. The molecule has 2 atom stereocenters. The first-order chi connectivity index (χ1) is 6.85. The van der Waals surface area contributed by atoms with Crippen LogP contribution in [-0.4, -0.2) is 30.3 Å². The van der Waals surface area contributed by atoms with Gasteiger partial charge in [-0.1, -0.05) is 19.8 Å². The van der Waals surface area contributed by atoms with Crippen LogP contribution in [0.15, 0.2) is 0 Å². The van der Waals surface area contributed by atoms with Gasteiger partial charge in [-0.2, -0.15) is 0 Å². The molecule has 1 aliphatic rings. The molecule has 15 heavy (non-hydrogen) atoms. The summed E-state index contributed by atoms with van der Waals surface area (Å²) in [5.41, 5.74) is -0.304. The Labute approximate surface area is 94.0 Å². The SMILES string of the molecule is CC1CCCC(C(=O)C(C)(C)N(C)C)C1. The second-order valence-electron chi connectivity index (χ2n) is 5.79. The minimum atomic E-state index is -0.304. The number of likely N-dealkylation sites (N-methyl/N-ethyl adjacent to an activating group) is 1. The Morgan fingerprint density at radius 1 is 1.27 bits per heavy atom. The van der Waals surface area contributed by atoms with Crippen LogP contribution >= 0.6 is 0 Å². The van der Waals surface area contributed by atoms with Crippen molar-refractivity contribution in [3.63, 3.8) is 0 Å². The molecular formula is C13H25NO. The summed E-state index contributed by atoms with van der Waals surface area (Å²) in [6, 6.07) is 0. The van der Waals surface area contributed by atoms with E-state index in [0.29, 0.717) is 11.7 Å². The van der Waals surface area contributed by atoms with Crippen LogP contribution in [0, 0.1) is 11.8 Å². The van der Waals surface area contributed by atoms with Crippen molar-refractivity contribution >= 4 is 5.78 Å². The van der Waals surface area contributed by atoms with Gasteiger partial charge in [0, 0.05) is 5.92 Å². The van der Waals surface area contributed by atoms with Crippen molar-refractivity contribution in [2.45, 2.75) is 52.0 Å². The predicted octanol–water partition coefficient (Wildman–Crippen LogP) is 2.72. The number of hydrogen-bond acceptors (Lipinski definition) is 2. The Kier molecular flexibility index (Phi) is 3.93. The first-order valence-corrected chi connectivity index (χ1v) is 6.07. The highest BCUT2D eigenvalue weighted by Crippen LogP contribution is 2.32. The topological polar surface area (TPSA) is 20.3 Å². The van der Waals surface area contributed by atoms with Gasteiger partial charge in [-0.05, 0) is 46.7 Å². The van der Waals surface area contributed by atoms with E-state index in [9.17, 15) is 4.79 Å². The lowest BCUT2D eigenvalue weighted by atomic mass is 9.75. The van der Waals surface area contributed by atoms with E-state index in [1.807, 2.05) is 32.8 Å². The van der Waals surface area contributed by atoms with Crippen LogP contribution < -0.4 is 0 Å². The zero-order chi connectivity index (χ0) is 11.6. The van der Waals surface area contributed by atoms with E-state index < -0.39 is 0 Å². The maximum atomic E-state index is 12.4. The summed E-state index contributed by atoms with van der Waals surface area (Å²) < 4.78 is 0. The molecular weight excluding hydrogens is 186 g/mol. The zero-order valence-corrected chi connectivity index (χ0v) is 10.8. The Bertz CT molecular complexity index is 233. The summed E-state index contributed by atoms with van der Waals surface area (Å²) in [7, 11) is 3.98. The number of rotatable bonds is 3. The zero-order valence-electron chi connectivity index (χ0n) is 10.8. The van der Waals surface area contributed by atoms with Gasteiger partial charge in [0.1, 0.15) is 0 Å². The quantitative estimate of drug-likeness (QED) is 0.715. The Morgan fingerprint density at radius 3 is 2.33 bits per heavy atom. The summed E-state index contributed by atoms with van der Waals surface area (Å²) in [5.74, 6) is 1.45. The van der Waals surface area contributed by atoms with Crippen LogP contribution in [0.2, 0.25) is 0 Å². The van der Waals surface area contributed by atoms with E-state index in [1.165, 1.54) is 12.8 Å². The van der Waals surface area contributed by atoms with Crippen molar-refractivity contribution in [1.29, 1.82) is 0 Å². The molecule has 0 amide bonds. The predicted molar refractivity (Wildman–Crippen MR) is 63.9 cm³/mol. The van der Waals surface area contributed by atoms with Gasteiger partial charge < -0.3 is 0 Å². The molecule has 0 aromatic rings. The summed E-state index contributed by atoms with van der Waals surface area (Å²) in [5, 5.41) is 0. The normalized spacial score (nSPS) is 28.1. The molecule has 2 unspecified atom stereocenters. The van der Waals surface area contributed by atoms with E-state index in [-0.39, 0.29) is 5.54 Å². The van der Waals surface area contributed by atoms with Crippen molar-refractivity contribution < 1.29 is 4.79 Å². The van der Waals surface area contributed by atoms with Gasteiger partial charge in [0.2, 0.25) is 0 Å². The highest BCUT2D eigenvalue weighted by molar-refractivity contribution is 5.89. The molecule has 0 aromatic heterocycles. The van der Waals surface area contributed by atoms with Crippen molar-refractivity contribution in [3.05, 3.63) is 0 Å². The fraction of sp³-hybridized carbons (Fsp3) is 0.923. The van der Waals surface area contributed by atoms with E-state index in [0.717, 1.165) is 18.8 Å². The molecule has 2 nitrogen and oxygen atoms in total. The third kappa shape index (κ3) is 2.81. The lowest BCUT2D eigenvalue weighted by molar-refractivity contribution is -0.133. The summed E-state index contributed by atoms with van der Waals surface area (Å²) in [6.07, 6.45) is 4.71. The standard InChI is InChI=1S/C13H25NO/c1-10-7-6-8-11(9-10)12(15)13(2,3)14(4)5/h10-11H,6-9H2,1-5H3. The van der Waals surface area contributed by atoms with Crippen molar-refractivity contribution in [1.82, 2.24) is 4.90 Å².